The molecule has 1 saturated carbocycles. The average molecular weight is 345 g/mol. The molecule has 1 aromatic rings. The van der Waals surface area contributed by atoms with Crippen molar-refractivity contribution in [1.82, 2.24) is 4.90 Å². The van der Waals surface area contributed by atoms with Crippen LogP contribution >= 0.6 is 0 Å². The molecule has 0 radical (unpaired) electrons. The lowest BCUT2D eigenvalue weighted by Crippen LogP contribution is -2.46. The molecule has 25 heavy (non-hydrogen) atoms. The molecule has 0 bridgehead atoms. The Morgan fingerprint density at radius 1 is 1.24 bits per heavy atom. The molecule has 1 amide bonds. The highest BCUT2D eigenvalue weighted by molar-refractivity contribution is 5.85. The van der Waals surface area contributed by atoms with Gasteiger partial charge in [-0.25, -0.2) is 4.79 Å². The van der Waals surface area contributed by atoms with Gasteiger partial charge in [0, 0.05) is 12.5 Å². The van der Waals surface area contributed by atoms with Crippen molar-refractivity contribution in [2.45, 2.75) is 63.5 Å². The van der Waals surface area contributed by atoms with Crippen LogP contribution < -0.4 is 4.74 Å². The van der Waals surface area contributed by atoms with Gasteiger partial charge < -0.3 is 14.7 Å². The van der Waals surface area contributed by atoms with Crippen LogP contribution in [0.5, 0.6) is 5.75 Å². The standard InChI is InChI=1S/C20H27NO4/c1-13(14-7-9-16(25-2)10-8-14)11-19(22)21-17-6-4-3-5-15(17)12-18(21)20(23)24/h7-10,13,15,17-18H,3-6,11-12H2,1-2H3,(H,23,24). The van der Waals surface area contributed by atoms with E-state index in [1.54, 1.807) is 12.0 Å². The molecule has 5 nitrogen and oxygen atoms in total. The summed E-state index contributed by atoms with van der Waals surface area (Å²) in [6.07, 6.45) is 5.19. The first-order valence-electron chi connectivity index (χ1n) is 9.19. The van der Waals surface area contributed by atoms with E-state index in [1.807, 2.05) is 31.2 Å². The normalized spacial score (nSPS) is 26.8. The molecular formula is C20H27NO4. The highest BCUT2D eigenvalue weighted by atomic mass is 16.5. The van der Waals surface area contributed by atoms with Crippen molar-refractivity contribution in [2.24, 2.45) is 5.92 Å². The number of nitrogens with zero attached hydrogens (tertiary/aromatic N) is 1. The smallest absolute Gasteiger partial charge is 0.326 e. The molecular weight excluding hydrogens is 318 g/mol. The number of rotatable bonds is 5. The topological polar surface area (TPSA) is 66.8 Å². The van der Waals surface area contributed by atoms with Crippen LogP contribution in [0.3, 0.4) is 0 Å². The third kappa shape index (κ3) is 3.65. The van der Waals surface area contributed by atoms with Gasteiger partial charge >= 0.3 is 5.97 Å². The van der Waals surface area contributed by atoms with Crippen LogP contribution in [0.15, 0.2) is 24.3 Å². The first-order chi connectivity index (χ1) is 12.0. The number of fused-ring (bicyclic) bond motifs is 1. The Kier molecular flexibility index (Phi) is 5.30. The molecule has 0 spiro atoms. The van der Waals surface area contributed by atoms with E-state index in [9.17, 15) is 14.7 Å². The summed E-state index contributed by atoms with van der Waals surface area (Å²) in [5.74, 6) is 0.313. The maximum atomic E-state index is 13.0. The second-order valence-electron chi connectivity index (χ2n) is 7.38. The molecule has 4 unspecified atom stereocenters. The van der Waals surface area contributed by atoms with Crippen molar-refractivity contribution >= 4 is 11.9 Å². The van der Waals surface area contributed by atoms with Gasteiger partial charge in [-0.1, -0.05) is 31.9 Å². The van der Waals surface area contributed by atoms with Crippen LogP contribution in [0.2, 0.25) is 0 Å². The number of carbonyl (C=O) groups excluding carboxylic acids is 1. The van der Waals surface area contributed by atoms with E-state index < -0.39 is 12.0 Å². The molecule has 1 heterocycles. The largest absolute Gasteiger partial charge is 0.497 e. The van der Waals surface area contributed by atoms with Gasteiger partial charge in [-0.2, -0.15) is 0 Å². The minimum absolute atomic E-state index is 0.0230. The summed E-state index contributed by atoms with van der Waals surface area (Å²) in [4.78, 5) is 26.3. The summed E-state index contributed by atoms with van der Waals surface area (Å²) in [6.45, 7) is 2.02. The van der Waals surface area contributed by atoms with E-state index in [-0.39, 0.29) is 17.9 Å². The van der Waals surface area contributed by atoms with Gasteiger partial charge in [-0.05, 0) is 48.8 Å². The number of hydrogen-bond donors (Lipinski definition) is 1. The van der Waals surface area contributed by atoms with Gasteiger partial charge in [0.2, 0.25) is 5.91 Å². The van der Waals surface area contributed by atoms with Gasteiger partial charge in [0.25, 0.3) is 0 Å². The van der Waals surface area contributed by atoms with Gasteiger partial charge in [0.1, 0.15) is 11.8 Å². The number of likely N-dealkylation sites (tertiary alicyclic amines) is 1. The molecule has 4 atom stereocenters. The van der Waals surface area contributed by atoms with Crippen molar-refractivity contribution in [1.29, 1.82) is 0 Å². The summed E-state index contributed by atoms with van der Waals surface area (Å²) in [7, 11) is 1.63. The second kappa shape index (κ2) is 7.46. The molecule has 2 aliphatic rings. The van der Waals surface area contributed by atoms with Crippen LogP contribution in [0.1, 0.15) is 56.9 Å². The number of carbonyl (C=O) groups is 2. The lowest BCUT2D eigenvalue weighted by Gasteiger charge is -2.33. The second-order valence-corrected chi connectivity index (χ2v) is 7.38. The van der Waals surface area contributed by atoms with Crippen LogP contribution in [0.4, 0.5) is 0 Å². The van der Waals surface area contributed by atoms with Crippen molar-refractivity contribution in [3.63, 3.8) is 0 Å². The summed E-state index contributed by atoms with van der Waals surface area (Å²) in [5.41, 5.74) is 1.07. The fourth-order valence-electron chi connectivity index (χ4n) is 4.46. The molecule has 1 aromatic carbocycles. The van der Waals surface area contributed by atoms with Crippen LogP contribution in [0, 0.1) is 5.92 Å². The quantitative estimate of drug-likeness (QED) is 0.888. The maximum Gasteiger partial charge on any atom is 0.326 e. The third-order valence-electron chi connectivity index (χ3n) is 5.83. The number of benzene rings is 1. The van der Waals surface area contributed by atoms with E-state index in [2.05, 4.69) is 0 Å². The minimum Gasteiger partial charge on any atom is -0.497 e. The molecule has 1 N–H and O–H groups in total. The number of ether oxygens (including phenoxy) is 1. The predicted octanol–water partition coefficient (Wildman–Crippen LogP) is 3.43. The first-order valence-corrected chi connectivity index (χ1v) is 9.19. The van der Waals surface area contributed by atoms with E-state index >= 15 is 0 Å². The van der Waals surface area contributed by atoms with E-state index in [0.717, 1.165) is 37.0 Å². The Balaban J connectivity index is 1.72. The summed E-state index contributed by atoms with van der Waals surface area (Å²) in [5, 5.41) is 9.58. The van der Waals surface area contributed by atoms with Gasteiger partial charge in [-0.15, -0.1) is 0 Å². The number of hydrogen-bond acceptors (Lipinski definition) is 3. The summed E-state index contributed by atoms with van der Waals surface area (Å²) >= 11 is 0. The number of carboxylic acids is 1. The molecule has 3 rings (SSSR count). The van der Waals surface area contributed by atoms with Crippen LogP contribution in [-0.2, 0) is 9.59 Å². The Morgan fingerprint density at radius 3 is 2.56 bits per heavy atom. The molecule has 2 fully saturated rings. The number of amides is 1. The molecule has 136 valence electrons. The number of carboxylic acid groups (broad SMARTS) is 1. The van der Waals surface area contributed by atoms with Gasteiger partial charge in [0.15, 0.2) is 0 Å². The number of methoxy groups -OCH3 is 1. The molecule has 5 heteroatoms. The maximum absolute atomic E-state index is 13.0. The Bertz CT molecular complexity index is 627. The zero-order valence-corrected chi connectivity index (χ0v) is 15.0. The molecule has 1 aliphatic heterocycles. The highest BCUT2D eigenvalue weighted by Crippen LogP contribution is 2.40. The molecule has 1 saturated heterocycles. The van der Waals surface area contributed by atoms with Crippen LogP contribution in [-0.4, -0.2) is 41.1 Å². The van der Waals surface area contributed by atoms with Crippen molar-refractivity contribution in [2.75, 3.05) is 7.11 Å². The highest BCUT2D eigenvalue weighted by Gasteiger charge is 2.47. The average Bonchev–Trinajstić information content (AvgIpc) is 3.01. The van der Waals surface area contributed by atoms with E-state index in [1.165, 1.54) is 0 Å². The minimum atomic E-state index is -0.861. The first kappa shape index (κ1) is 17.8. The fraction of sp³-hybridized carbons (Fsp3) is 0.600. The lowest BCUT2D eigenvalue weighted by atomic mass is 9.84. The Hall–Kier alpha value is -2.04. The van der Waals surface area contributed by atoms with Crippen molar-refractivity contribution in [3.05, 3.63) is 29.8 Å². The zero-order valence-electron chi connectivity index (χ0n) is 15.0. The van der Waals surface area contributed by atoms with Crippen molar-refractivity contribution in [3.8, 4) is 5.75 Å². The summed E-state index contributed by atoms with van der Waals surface area (Å²) < 4.78 is 5.17. The van der Waals surface area contributed by atoms with Gasteiger partial charge in [-0.3, -0.25) is 4.79 Å². The number of aliphatic carboxylic acids is 1. The van der Waals surface area contributed by atoms with Crippen LogP contribution in [0.25, 0.3) is 0 Å². The Morgan fingerprint density at radius 2 is 1.92 bits per heavy atom. The Labute approximate surface area is 149 Å². The van der Waals surface area contributed by atoms with E-state index in [4.69, 9.17) is 4.74 Å². The molecule has 1 aliphatic carbocycles. The van der Waals surface area contributed by atoms with Gasteiger partial charge in [0.05, 0.1) is 7.11 Å². The fourth-order valence-corrected chi connectivity index (χ4v) is 4.46. The lowest BCUT2D eigenvalue weighted by molar-refractivity contribution is -0.150. The zero-order chi connectivity index (χ0) is 18.0. The third-order valence-corrected chi connectivity index (χ3v) is 5.83. The summed E-state index contributed by atoms with van der Waals surface area (Å²) in [6, 6.07) is 7.19. The van der Waals surface area contributed by atoms with E-state index in [0.29, 0.717) is 18.8 Å². The molecule has 0 aromatic heterocycles. The van der Waals surface area contributed by atoms with Crippen molar-refractivity contribution < 1.29 is 19.4 Å². The SMILES string of the molecule is COc1ccc(C(C)CC(=O)N2C(C(=O)O)CC3CCCCC32)cc1. The predicted molar refractivity (Wildman–Crippen MR) is 94.7 cm³/mol. The monoisotopic (exact) mass is 345 g/mol.